The second kappa shape index (κ2) is 5.07. The van der Waals surface area contributed by atoms with Gasteiger partial charge in [0.2, 0.25) is 0 Å². The van der Waals surface area contributed by atoms with Gasteiger partial charge in [-0.15, -0.1) is 0 Å². The number of nitrogens with two attached hydrogens (primary N) is 1. The van der Waals surface area contributed by atoms with Gasteiger partial charge in [-0.2, -0.15) is 5.10 Å². The van der Waals surface area contributed by atoms with Crippen molar-refractivity contribution in [3.8, 4) is 0 Å². The molecule has 3 rings (SSSR count). The lowest BCUT2D eigenvalue weighted by Crippen LogP contribution is -2.46. The molecule has 0 saturated carbocycles. The van der Waals surface area contributed by atoms with Gasteiger partial charge in [0.1, 0.15) is 0 Å². The number of rotatable bonds is 2. The summed E-state index contributed by atoms with van der Waals surface area (Å²) in [6, 6.07) is 0. The Morgan fingerprint density at radius 3 is 2.76 bits per heavy atom. The molecule has 0 spiro atoms. The largest absolute Gasteiger partial charge is 0.393 e. The van der Waals surface area contributed by atoms with Crippen molar-refractivity contribution in [3.63, 3.8) is 0 Å². The highest BCUT2D eigenvalue weighted by Gasteiger charge is 2.34. The number of nitrogens with zero attached hydrogens (tertiary/aromatic N) is 4. The van der Waals surface area contributed by atoms with E-state index in [2.05, 4.69) is 17.0 Å². The summed E-state index contributed by atoms with van der Waals surface area (Å²) in [5.74, 6) is -0.0111. The zero-order valence-electron chi connectivity index (χ0n) is 11.8. The van der Waals surface area contributed by atoms with E-state index in [0.29, 0.717) is 23.6 Å². The first-order chi connectivity index (χ1) is 10.0. The average Bonchev–Trinajstić information content (AvgIpc) is 2.91. The Hall–Kier alpha value is -2.02. The van der Waals surface area contributed by atoms with Crippen LogP contribution in [0.1, 0.15) is 30.1 Å². The highest BCUT2D eigenvalue weighted by molar-refractivity contribution is 7.80. The minimum Gasteiger partial charge on any atom is -0.393 e. The van der Waals surface area contributed by atoms with Gasteiger partial charge < -0.3 is 10.6 Å². The summed E-state index contributed by atoms with van der Waals surface area (Å²) in [6.45, 7) is 3.38. The summed E-state index contributed by atoms with van der Waals surface area (Å²) >= 11 is 5.13. The van der Waals surface area contributed by atoms with E-state index in [-0.39, 0.29) is 11.3 Å². The molecule has 0 radical (unpaired) electrons. The molecule has 0 unspecified atom stereocenters. The molecule has 7 heteroatoms. The molecule has 2 aromatic rings. The Bertz CT molecular complexity index is 702. The minimum atomic E-state index is -0.144. The molecule has 1 fully saturated rings. The molecule has 0 aromatic carbocycles. The molecule has 2 N–H and O–H groups in total. The standard InChI is InChI=1S/C14H17N5OS/c1-14(13(15)21)2-5-18(6-3-14)12(20)10-8-17-19-7-4-16-9-11(10)19/h4,7-9H,2-3,5-6H2,1H3,(H2,15,21). The molecule has 21 heavy (non-hydrogen) atoms. The summed E-state index contributed by atoms with van der Waals surface area (Å²) in [6.07, 6.45) is 8.22. The van der Waals surface area contributed by atoms with E-state index in [1.165, 1.54) is 0 Å². The van der Waals surface area contributed by atoms with Gasteiger partial charge in [-0.25, -0.2) is 4.52 Å². The van der Waals surface area contributed by atoms with Gasteiger partial charge in [0.25, 0.3) is 5.91 Å². The maximum atomic E-state index is 12.6. The van der Waals surface area contributed by atoms with E-state index in [9.17, 15) is 4.79 Å². The molecule has 0 atom stereocenters. The number of hydrogen-bond donors (Lipinski definition) is 1. The molecule has 2 aromatic heterocycles. The highest BCUT2D eigenvalue weighted by Crippen LogP contribution is 2.31. The van der Waals surface area contributed by atoms with Crippen molar-refractivity contribution in [2.24, 2.45) is 11.1 Å². The van der Waals surface area contributed by atoms with Crippen LogP contribution in [0.15, 0.2) is 24.8 Å². The Balaban J connectivity index is 1.80. The second-order valence-corrected chi connectivity index (χ2v) is 6.12. The van der Waals surface area contributed by atoms with E-state index in [1.54, 1.807) is 29.3 Å². The van der Waals surface area contributed by atoms with E-state index < -0.39 is 0 Å². The summed E-state index contributed by atoms with van der Waals surface area (Å²) in [5, 5.41) is 4.18. The van der Waals surface area contributed by atoms with Gasteiger partial charge in [0.15, 0.2) is 0 Å². The lowest BCUT2D eigenvalue weighted by Gasteiger charge is -2.38. The van der Waals surface area contributed by atoms with Crippen LogP contribution in [0.5, 0.6) is 0 Å². The molecular weight excluding hydrogens is 286 g/mol. The van der Waals surface area contributed by atoms with E-state index in [1.807, 2.05) is 4.90 Å². The highest BCUT2D eigenvalue weighted by atomic mass is 32.1. The SMILES string of the molecule is CC1(C(N)=S)CCN(C(=O)c2cnn3ccncc23)CC1. The molecule has 1 aliphatic heterocycles. The van der Waals surface area contributed by atoms with E-state index in [0.717, 1.165) is 18.4 Å². The first-order valence-corrected chi connectivity index (χ1v) is 7.29. The Kier molecular flexibility index (Phi) is 3.36. The third kappa shape index (κ3) is 2.37. The number of aromatic nitrogens is 3. The fourth-order valence-electron chi connectivity index (χ4n) is 2.62. The summed E-state index contributed by atoms with van der Waals surface area (Å²) in [5.41, 5.74) is 6.97. The molecule has 1 amide bonds. The van der Waals surface area contributed by atoms with Crippen molar-refractivity contribution in [2.45, 2.75) is 19.8 Å². The van der Waals surface area contributed by atoms with Crippen LogP contribution in [0.3, 0.4) is 0 Å². The number of thiocarbonyl (C=S) groups is 1. The van der Waals surface area contributed by atoms with Gasteiger partial charge in [-0.1, -0.05) is 19.1 Å². The first kappa shape index (κ1) is 13.9. The molecule has 0 bridgehead atoms. The summed E-state index contributed by atoms with van der Waals surface area (Å²) < 4.78 is 1.66. The van der Waals surface area contributed by atoms with Gasteiger partial charge in [-0.3, -0.25) is 9.78 Å². The number of piperidine rings is 1. The number of hydrogen-bond acceptors (Lipinski definition) is 4. The number of carbonyl (C=O) groups excluding carboxylic acids is 1. The minimum absolute atomic E-state index is 0.0111. The van der Waals surface area contributed by atoms with Crippen LogP contribution in [0, 0.1) is 5.41 Å². The summed E-state index contributed by atoms with van der Waals surface area (Å²) in [7, 11) is 0. The zero-order valence-corrected chi connectivity index (χ0v) is 12.6. The Morgan fingerprint density at radius 1 is 1.38 bits per heavy atom. The molecule has 0 aliphatic carbocycles. The van der Waals surface area contributed by atoms with Crippen LogP contribution in [0.4, 0.5) is 0 Å². The van der Waals surface area contributed by atoms with E-state index >= 15 is 0 Å². The van der Waals surface area contributed by atoms with Crippen LogP contribution in [0.25, 0.3) is 5.52 Å². The number of fused-ring (bicyclic) bond motifs is 1. The lowest BCUT2D eigenvalue weighted by atomic mass is 9.80. The normalized spacial score (nSPS) is 17.9. The van der Waals surface area contributed by atoms with Gasteiger partial charge in [-0.05, 0) is 12.8 Å². The van der Waals surface area contributed by atoms with Crippen molar-refractivity contribution in [2.75, 3.05) is 13.1 Å². The van der Waals surface area contributed by atoms with Crippen LogP contribution in [0.2, 0.25) is 0 Å². The third-order valence-corrected chi connectivity index (χ3v) is 4.80. The van der Waals surface area contributed by atoms with Crippen molar-refractivity contribution < 1.29 is 4.79 Å². The van der Waals surface area contributed by atoms with Crippen molar-refractivity contribution in [1.82, 2.24) is 19.5 Å². The second-order valence-electron chi connectivity index (χ2n) is 5.68. The van der Waals surface area contributed by atoms with Crippen molar-refractivity contribution in [3.05, 3.63) is 30.4 Å². The molecule has 3 heterocycles. The molecule has 1 aliphatic rings. The zero-order chi connectivity index (χ0) is 15.0. The predicted octanol–water partition coefficient (Wildman–Crippen LogP) is 1.26. The first-order valence-electron chi connectivity index (χ1n) is 6.88. The van der Waals surface area contributed by atoms with E-state index in [4.69, 9.17) is 18.0 Å². The Labute approximate surface area is 127 Å². The third-order valence-electron chi connectivity index (χ3n) is 4.30. The smallest absolute Gasteiger partial charge is 0.257 e. The molecule has 6 nitrogen and oxygen atoms in total. The van der Waals surface area contributed by atoms with Crippen LogP contribution >= 0.6 is 12.2 Å². The fourth-order valence-corrected chi connectivity index (χ4v) is 2.82. The molecule has 110 valence electrons. The van der Waals surface area contributed by atoms with Gasteiger partial charge in [0.05, 0.1) is 28.5 Å². The molecular formula is C14H17N5OS. The number of amides is 1. The van der Waals surface area contributed by atoms with Gasteiger partial charge in [0, 0.05) is 30.9 Å². The van der Waals surface area contributed by atoms with Crippen LogP contribution in [-0.2, 0) is 0 Å². The maximum absolute atomic E-state index is 12.6. The Morgan fingerprint density at radius 2 is 2.10 bits per heavy atom. The lowest BCUT2D eigenvalue weighted by molar-refractivity contribution is 0.0672. The maximum Gasteiger partial charge on any atom is 0.257 e. The van der Waals surface area contributed by atoms with Crippen LogP contribution < -0.4 is 5.73 Å². The monoisotopic (exact) mass is 303 g/mol. The van der Waals surface area contributed by atoms with Crippen LogP contribution in [-0.4, -0.2) is 43.5 Å². The predicted molar refractivity (Wildman–Crippen MR) is 83.0 cm³/mol. The average molecular weight is 303 g/mol. The summed E-state index contributed by atoms with van der Waals surface area (Å²) in [4.78, 5) is 19.1. The van der Waals surface area contributed by atoms with Gasteiger partial charge >= 0.3 is 0 Å². The van der Waals surface area contributed by atoms with Crippen molar-refractivity contribution >= 4 is 28.6 Å². The molecule has 1 saturated heterocycles. The topological polar surface area (TPSA) is 76.5 Å². The number of likely N-dealkylation sites (tertiary alicyclic amines) is 1. The fraction of sp³-hybridized carbons (Fsp3) is 0.429. The number of carbonyl (C=O) groups is 1. The quantitative estimate of drug-likeness (QED) is 0.845. The van der Waals surface area contributed by atoms with Crippen molar-refractivity contribution in [1.29, 1.82) is 0 Å².